The number of benzene rings is 8. The minimum atomic E-state index is 0.360. The molecule has 8 aromatic carbocycles. The normalized spacial score (nSPS) is 11.5. The van der Waals surface area contributed by atoms with Crippen LogP contribution in [0.2, 0.25) is 0 Å². The third-order valence-electron chi connectivity index (χ3n) is 9.87. The highest BCUT2D eigenvalue weighted by molar-refractivity contribution is 7.22. The molecule has 0 unspecified atom stereocenters. The molecule has 0 radical (unpaired) electrons. The van der Waals surface area contributed by atoms with Crippen LogP contribution < -0.4 is 4.90 Å². The van der Waals surface area contributed by atoms with Crippen molar-refractivity contribution in [2.45, 2.75) is 0 Å². The maximum absolute atomic E-state index is 9.59. The number of nitrogens with zero attached hydrogens (tertiary/aromatic N) is 5. The fraction of sp³-hybridized carbons (Fsp3) is 0. The summed E-state index contributed by atoms with van der Waals surface area (Å²) >= 11 is 3.37. The van der Waals surface area contributed by atoms with Gasteiger partial charge in [-0.05, 0) is 142 Å². The van der Waals surface area contributed by atoms with Crippen LogP contribution in [0.1, 0.15) is 12.5 Å². The van der Waals surface area contributed by atoms with E-state index in [0.717, 1.165) is 91.3 Å². The number of aromatic nitrogens is 2. The molecule has 5 nitrogen and oxygen atoms in total. The molecule has 0 fully saturated rings. The van der Waals surface area contributed by atoms with Gasteiger partial charge in [0.1, 0.15) is 22.2 Å². The second kappa shape index (κ2) is 13.4. The van der Waals surface area contributed by atoms with Crippen molar-refractivity contribution in [1.82, 2.24) is 9.97 Å². The molecule has 55 heavy (non-hydrogen) atoms. The third kappa shape index (κ3) is 5.95. The number of anilines is 3. The van der Waals surface area contributed by atoms with E-state index in [-0.39, 0.29) is 0 Å². The summed E-state index contributed by atoms with van der Waals surface area (Å²) in [4.78, 5) is 12.0. The average molecular weight is 739 g/mol. The van der Waals surface area contributed by atoms with E-state index >= 15 is 0 Å². The van der Waals surface area contributed by atoms with Crippen LogP contribution in [-0.2, 0) is 0 Å². The molecular weight excluding hydrogens is 711 g/mol. The van der Waals surface area contributed by atoms with Gasteiger partial charge in [-0.2, -0.15) is 10.5 Å². The topological polar surface area (TPSA) is 76.6 Å². The molecule has 0 spiro atoms. The predicted octanol–water partition coefficient (Wildman–Crippen LogP) is 13.4. The Kier molecular flexibility index (Phi) is 7.62. The highest BCUT2D eigenvalue weighted by Gasteiger charge is 2.16. The van der Waals surface area contributed by atoms with Crippen molar-refractivity contribution < 1.29 is 1.37 Å². The molecule has 256 valence electrons. The number of para-hydroxylation sites is 2. The van der Waals surface area contributed by atoms with E-state index in [1.807, 2.05) is 60.7 Å². The molecule has 0 bridgehead atoms. The summed E-state index contributed by atoms with van der Waals surface area (Å²) in [5.41, 5.74) is 9.57. The molecule has 0 saturated heterocycles. The fourth-order valence-electron chi connectivity index (χ4n) is 7.08. The largest absolute Gasteiger partial charge is 0.310 e. The average Bonchev–Trinajstić information content (AvgIpc) is 3.89. The molecule has 2 aromatic heterocycles. The number of hydrogen-bond donors (Lipinski definition) is 0. The Bertz CT molecular complexity index is 3060. The zero-order chi connectivity index (χ0) is 37.8. The number of fused-ring (bicyclic) bond motifs is 4. The first-order valence-corrected chi connectivity index (χ1v) is 19.3. The van der Waals surface area contributed by atoms with Crippen LogP contribution in [-0.4, -0.2) is 9.97 Å². The second-order valence-electron chi connectivity index (χ2n) is 13.2. The van der Waals surface area contributed by atoms with Crippen molar-refractivity contribution in [3.05, 3.63) is 175 Å². The molecule has 0 aliphatic carbocycles. The standard InChI is InChI=1S/C48H27N5S2/c49-28-38-25-35-11-9-33(24-37(35)26-39(38)29-50)32-10-12-36-27-42(22-17-34(36)23-32)53(40-18-13-30(14-19-40)47-51-43-5-1-3-7-45(43)54-47)41-20-15-31(16-21-41)48-52-44-6-2-4-8-46(44)55-48/h1-27H/i17D. The Morgan fingerprint density at radius 3 is 1.45 bits per heavy atom. The van der Waals surface area contributed by atoms with Crippen LogP contribution in [0.3, 0.4) is 0 Å². The number of nitriles is 2. The van der Waals surface area contributed by atoms with Gasteiger partial charge in [0.2, 0.25) is 0 Å². The minimum Gasteiger partial charge on any atom is -0.310 e. The summed E-state index contributed by atoms with van der Waals surface area (Å²) in [6.45, 7) is 0. The van der Waals surface area contributed by atoms with Gasteiger partial charge in [-0.3, -0.25) is 0 Å². The first kappa shape index (κ1) is 31.4. The van der Waals surface area contributed by atoms with Gasteiger partial charge in [-0.25, -0.2) is 9.97 Å². The monoisotopic (exact) mass is 738 g/mol. The van der Waals surface area contributed by atoms with Gasteiger partial charge in [0.15, 0.2) is 0 Å². The van der Waals surface area contributed by atoms with E-state index in [4.69, 9.17) is 9.97 Å². The highest BCUT2D eigenvalue weighted by Crippen LogP contribution is 2.40. The van der Waals surface area contributed by atoms with E-state index in [2.05, 4.69) is 102 Å². The summed E-state index contributed by atoms with van der Waals surface area (Å²) in [7, 11) is 0. The van der Waals surface area contributed by atoms with Crippen LogP contribution in [0.15, 0.2) is 164 Å². The van der Waals surface area contributed by atoms with Gasteiger partial charge in [0, 0.05) is 28.2 Å². The summed E-state index contributed by atoms with van der Waals surface area (Å²) in [6.07, 6.45) is 0. The maximum atomic E-state index is 9.59. The Balaban J connectivity index is 1.05. The van der Waals surface area contributed by atoms with Crippen molar-refractivity contribution in [1.29, 1.82) is 10.5 Å². The van der Waals surface area contributed by atoms with Gasteiger partial charge in [0.05, 0.1) is 32.9 Å². The lowest BCUT2D eigenvalue weighted by atomic mass is 9.96. The molecular formula is C48H27N5S2. The third-order valence-corrected chi connectivity index (χ3v) is 12.0. The lowest BCUT2D eigenvalue weighted by molar-refractivity contribution is 1.29. The van der Waals surface area contributed by atoms with Crippen molar-refractivity contribution >= 4 is 81.7 Å². The lowest BCUT2D eigenvalue weighted by Crippen LogP contribution is -2.09. The summed E-state index contributed by atoms with van der Waals surface area (Å²) in [6, 6.07) is 57.9. The first-order chi connectivity index (χ1) is 27.5. The van der Waals surface area contributed by atoms with Crippen LogP contribution in [0, 0.1) is 22.7 Å². The van der Waals surface area contributed by atoms with Crippen LogP contribution in [0.4, 0.5) is 17.1 Å². The number of hydrogen-bond acceptors (Lipinski definition) is 7. The Hall–Kier alpha value is -7.16. The van der Waals surface area contributed by atoms with Crippen molar-refractivity contribution in [2.75, 3.05) is 4.90 Å². The van der Waals surface area contributed by atoms with Gasteiger partial charge in [0.25, 0.3) is 0 Å². The van der Waals surface area contributed by atoms with Gasteiger partial charge >= 0.3 is 0 Å². The molecule has 10 rings (SSSR count). The maximum Gasteiger partial charge on any atom is 0.124 e. The van der Waals surface area contributed by atoms with Gasteiger partial charge in [-0.15, -0.1) is 22.7 Å². The van der Waals surface area contributed by atoms with Gasteiger partial charge < -0.3 is 4.90 Å². The molecule has 0 amide bonds. The van der Waals surface area contributed by atoms with Crippen molar-refractivity contribution in [3.8, 4) is 44.4 Å². The second-order valence-corrected chi connectivity index (χ2v) is 15.3. The Labute approximate surface area is 326 Å². The molecule has 2 heterocycles. The van der Waals surface area contributed by atoms with Crippen molar-refractivity contribution in [2.24, 2.45) is 0 Å². The number of thiazole rings is 2. The predicted molar refractivity (Wildman–Crippen MR) is 228 cm³/mol. The summed E-state index contributed by atoms with van der Waals surface area (Å²) < 4.78 is 11.6. The van der Waals surface area contributed by atoms with E-state index < -0.39 is 0 Å². The zero-order valence-corrected chi connectivity index (χ0v) is 30.7. The van der Waals surface area contributed by atoms with E-state index in [9.17, 15) is 11.9 Å². The molecule has 0 aliphatic rings. The Morgan fingerprint density at radius 1 is 0.455 bits per heavy atom. The molecule has 7 heteroatoms. The van der Waals surface area contributed by atoms with Crippen molar-refractivity contribution in [3.63, 3.8) is 0 Å². The Morgan fingerprint density at radius 2 is 0.927 bits per heavy atom. The first-order valence-electron chi connectivity index (χ1n) is 18.2. The number of rotatable bonds is 6. The van der Waals surface area contributed by atoms with Crippen LogP contribution in [0.5, 0.6) is 0 Å². The highest BCUT2D eigenvalue weighted by atomic mass is 32.1. The SMILES string of the molecule is [2H]c1cc(N(c2ccc(-c3nc4ccccc4s3)cc2)c2ccc(-c3nc4ccccc4s3)cc2)cc2ccc(-c3ccc4cc(C#N)c(C#N)cc4c3)cc12. The van der Waals surface area contributed by atoms with E-state index in [0.29, 0.717) is 17.2 Å². The molecule has 0 aliphatic heterocycles. The molecule has 0 N–H and O–H groups in total. The van der Waals surface area contributed by atoms with Gasteiger partial charge in [-0.1, -0.05) is 54.6 Å². The van der Waals surface area contributed by atoms with Crippen LogP contribution in [0.25, 0.3) is 74.2 Å². The van der Waals surface area contributed by atoms with E-state index in [1.54, 1.807) is 34.8 Å². The molecule has 0 atom stereocenters. The van der Waals surface area contributed by atoms with E-state index in [1.165, 1.54) is 0 Å². The lowest BCUT2D eigenvalue weighted by Gasteiger charge is -2.26. The smallest absolute Gasteiger partial charge is 0.124 e. The summed E-state index contributed by atoms with van der Waals surface area (Å²) in [5.74, 6) is 0. The zero-order valence-electron chi connectivity index (χ0n) is 30.1. The molecule has 0 saturated carbocycles. The fourth-order valence-corrected chi connectivity index (χ4v) is 9.02. The molecule has 10 aromatic rings. The van der Waals surface area contributed by atoms with Crippen LogP contribution >= 0.6 is 22.7 Å². The quantitative estimate of drug-likeness (QED) is 0.170. The summed E-state index contributed by atoms with van der Waals surface area (Å²) in [5, 5.41) is 24.6. The minimum absolute atomic E-state index is 0.360.